The second-order valence-corrected chi connectivity index (χ2v) is 13.1. The van der Waals surface area contributed by atoms with Gasteiger partial charge in [0.25, 0.3) is 0 Å². The number of halogens is 1. The Morgan fingerprint density at radius 2 is 1.83 bits per heavy atom. The van der Waals surface area contributed by atoms with Crippen LogP contribution in [0.3, 0.4) is 0 Å². The molecule has 0 saturated heterocycles. The second kappa shape index (κ2) is 5.89. The molecule has 0 bridgehead atoms. The molecule has 1 aromatic carbocycles. The molecule has 18 heavy (non-hydrogen) atoms. The molecular weight excluding hydrogens is 302 g/mol. The molecule has 0 aromatic heterocycles. The lowest BCUT2D eigenvalue weighted by Crippen LogP contribution is -2.30. The monoisotopic (exact) mass is 325 g/mol. The number of hydrogen-bond acceptors (Lipinski definition) is 1. The molecular formula is C15H24BrNSi. The summed E-state index contributed by atoms with van der Waals surface area (Å²) in [5.41, 5.74) is 1.49. The Balaban J connectivity index is 2.03. The summed E-state index contributed by atoms with van der Waals surface area (Å²) in [5.74, 6) is 0.686. The maximum atomic E-state index is 3.70. The highest BCUT2D eigenvalue weighted by molar-refractivity contribution is 9.10. The molecule has 1 saturated carbocycles. The fourth-order valence-corrected chi connectivity index (χ4v) is 4.50. The van der Waals surface area contributed by atoms with Crippen molar-refractivity contribution in [3.8, 4) is 0 Å². The zero-order chi connectivity index (χ0) is 13.2. The fraction of sp³-hybridized carbons (Fsp3) is 0.600. The zero-order valence-electron chi connectivity index (χ0n) is 11.7. The molecule has 1 aliphatic rings. The van der Waals surface area contributed by atoms with Crippen LogP contribution in [0, 0.1) is 0 Å². The molecule has 1 nitrogen and oxygen atoms in total. The van der Waals surface area contributed by atoms with Gasteiger partial charge in [0.1, 0.15) is 0 Å². The van der Waals surface area contributed by atoms with E-state index in [0.29, 0.717) is 5.92 Å². The van der Waals surface area contributed by atoms with Crippen LogP contribution in [0.25, 0.3) is 0 Å². The van der Waals surface area contributed by atoms with Crippen molar-refractivity contribution in [2.24, 2.45) is 0 Å². The zero-order valence-corrected chi connectivity index (χ0v) is 14.3. The van der Waals surface area contributed by atoms with E-state index in [0.717, 1.165) is 12.6 Å². The van der Waals surface area contributed by atoms with Crippen molar-refractivity contribution < 1.29 is 0 Å². The largest absolute Gasteiger partial charge is 0.313 e. The highest BCUT2D eigenvalue weighted by Crippen LogP contribution is 2.28. The highest BCUT2D eigenvalue weighted by atomic mass is 79.9. The fourth-order valence-electron chi connectivity index (χ4n) is 2.38. The first-order valence-corrected chi connectivity index (χ1v) is 11.4. The lowest BCUT2D eigenvalue weighted by atomic mass is 10.0. The molecule has 1 fully saturated rings. The maximum absolute atomic E-state index is 3.70. The Morgan fingerprint density at radius 1 is 1.22 bits per heavy atom. The second-order valence-electron chi connectivity index (χ2n) is 6.70. The van der Waals surface area contributed by atoms with Gasteiger partial charge in [-0.1, -0.05) is 47.7 Å². The van der Waals surface area contributed by atoms with Gasteiger partial charge in [0.2, 0.25) is 0 Å². The summed E-state index contributed by atoms with van der Waals surface area (Å²) in [6, 6.07) is 11.1. The van der Waals surface area contributed by atoms with Gasteiger partial charge in [-0.25, -0.2) is 0 Å². The Labute approximate surface area is 121 Å². The smallest absolute Gasteiger partial charge is 0.0449 e. The normalized spacial score (nSPS) is 17.8. The summed E-state index contributed by atoms with van der Waals surface area (Å²) in [7, 11) is -1.02. The first kappa shape index (κ1) is 14.3. The molecule has 1 aliphatic carbocycles. The van der Waals surface area contributed by atoms with Gasteiger partial charge in [0.15, 0.2) is 0 Å². The van der Waals surface area contributed by atoms with Gasteiger partial charge in [-0.2, -0.15) is 0 Å². The molecule has 0 amide bonds. The lowest BCUT2D eigenvalue weighted by Gasteiger charge is -2.25. The lowest BCUT2D eigenvalue weighted by molar-refractivity contribution is 0.607. The minimum atomic E-state index is -1.02. The van der Waals surface area contributed by atoms with Crippen LogP contribution in [0.4, 0.5) is 0 Å². The third-order valence-electron chi connectivity index (χ3n) is 3.43. The van der Waals surface area contributed by atoms with Gasteiger partial charge >= 0.3 is 0 Å². The SMILES string of the molecule is C[Si](C)(C)CC(CNC1CC1)c1ccc(Br)cc1. The Morgan fingerprint density at radius 3 is 2.33 bits per heavy atom. The summed E-state index contributed by atoms with van der Waals surface area (Å²) < 4.78 is 1.17. The van der Waals surface area contributed by atoms with Gasteiger partial charge < -0.3 is 5.32 Å². The molecule has 0 aliphatic heterocycles. The molecule has 1 unspecified atom stereocenters. The molecule has 0 heterocycles. The number of hydrogen-bond donors (Lipinski definition) is 1. The van der Waals surface area contributed by atoms with E-state index in [1.54, 1.807) is 0 Å². The Kier molecular flexibility index (Phi) is 4.68. The summed E-state index contributed by atoms with van der Waals surface area (Å²) in [6.45, 7) is 8.55. The van der Waals surface area contributed by atoms with Crippen LogP contribution >= 0.6 is 15.9 Å². The van der Waals surface area contributed by atoms with Gasteiger partial charge in [0.05, 0.1) is 0 Å². The predicted octanol–water partition coefficient (Wildman–Crippen LogP) is 4.62. The molecule has 0 radical (unpaired) electrons. The molecule has 1 N–H and O–H groups in total. The van der Waals surface area contributed by atoms with Crippen LogP contribution in [0.5, 0.6) is 0 Å². The van der Waals surface area contributed by atoms with Crippen molar-refractivity contribution in [3.05, 3.63) is 34.3 Å². The average Bonchev–Trinajstić information content (AvgIpc) is 3.07. The van der Waals surface area contributed by atoms with E-state index >= 15 is 0 Å². The van der Waals surface area contributed by atoms with E-state index in [4.69, 9.17) is 0 Å². The number of benzene rings is 1. The van der Waals surface area contributed by atoms with E-state index in [2.05, 4.69) is 65.2 Å². The molecule has 1 aromatic rings. The number of rotatable bonds is 6. The van der Waals surface area contributed by atoms with Gasteiger partial charge in [0, 0.05) is 25.1 Å². The first-order valence-electron chi connectivity index (χ1n) is 6.93. The van der Waals surface area contributed by atoms with E-state index < -0.39 is 8.07 Å². The third-order valence-corrected chi connectivity index (χ3v) is 5.68. The van der Waals surface area contributed by atoms with Crippen molar-refractivity contribution in [3.63, 3.8) is 0 Å². The Bertz CT molecular complexity index is 378. The van der Waals surface area contributed by atoms with Crippen molar-refractivity contribution in [1.29, 1.82) is 0 Å². The van der Waals surface area contributed by atoms with Crippen molar-refractivity contribution in [1.82, 2.24) is 5.32 Å². The summed E-state index contributed by atoms with van der Waals surface area (Å²) in [4.78, 5) is 0. The number of nitrogens with one attached hydrogen (secondary N) is 1. The third kappa shape index (κ3) is 4.86. The minimum Gasteiger partial charge on any atom is -0.313 e. The van der Waals surface area contributed by atoms with Crippen LogP contribution in [0.1, 0.15) is 24.3 Å². The molecule has 1 atom stereocenters. The van der Waals surface area contributed by atoms with Crippen molar-refractivity contribution in [2.45, 2.75) is 50.5 Å². The van der Waals surface area contributed by atoms with Crippen molar-refractivity contribution >= 4 is 24.0 Å². The quantitative estimate of drug-likeness (QED) is 0.752. The minimum absolute atomic E-state index is 0.686. The predicted molar refractivity (Wildman–Crippen MR) is 86.1 cm³/mol. The van der Waals surface area contributed by atoms with Gasteiger partial charge in [-0.15, -0.1) is 0 Å². The maximum Gasteiger partial charge on any atom is 0.0449 e. The molecule has 100 valence electrons. The van der Waals surface area contributed by atoms with Crippen LogP contribution in [-0.4, -0.2) is 20.7 Å². The summed E-state index contributed by atoms with van der Waals surface area (Å²) in [6.07, 6.45) is 2.75. The molecule has 3 heteroatoms. The molecule has 2 rings (SSSR count). The Hall–Kier alpha value is -0.123. The van der Waals surface area contributed by atoms with E-state index in [9.17, 15) is 0 Å². The van der Waals surface area contributed by atoms with E-state index in [-0.39, 0.29) is 0 Å². The van der Waals surface area contributed by atoms with Crippen LogP contribution in [0.15, 0.2) is 28.7 Å². The highest BCUT2D eigenvalue weighted by Gasteiger charge is 2.25. The van der Waals surface area contributed by atoms with E-state index in [1.165, 1.54) is 28.9 Å². The topological polar surface area (TPSA) is 12.0 Å². The van der Waals surface area contributed by atoms with Gasteiger partial charge in [-0.05, 0) is 42.5 Å². The summed E-state index contributed by atoms with van der Waals surface area (Å²) >= 11 is 3.52. The average molecular weight is 326 g/mol. The summed E-state index contributed by atoms with van der Waals surface area (Å²) in [5, 5.41) is 3.70. The van der Waals surface area contributed by atoms with Crippen LogP contribution in [-0.2, 0) is 0 Å². The standard InChI is InChI=1S/C15H24BrNSi/c1-18(2,3)11-13(10-17-15-8-9-15)12-4-6-14(16)7-5-12/h4-7,13,15,17H,8-11H2,1-3H3. The van der Waals surface area contributed by atoms with Crippen molar-refractivity contribution in [2.75, 3.05) is 6.54 Å². The van der Waals surface area contributed by atoms with E-state index in [1.807, 2.05) is 0 Å². The van der Waals surface area contributed by atoms with Crippen LogP contribution < -0.4 is 5.32 Å². The van der Waals surface area contributed by atoms with Crippen LogP contribution in [0.2, 0.25) is 25.7 Å². The van der Waals surface area contributed by atoms with Gasteiger partial charge in [-0.3, -0.25) is 0 Å². The molecule has 0 spiro atoms. The first-order chi connectivity index (χ1) is 8.44.